The van der Waals surface area contributed by atoms with Crippen LogP contribution in [0.15, 0.2) is 36.4 Å². The number of aromatic amines is 1. The third-order valence-corrected chi connectivity index (χ3v) is 4.59. The zero-order valence-electron chi connectivity index (χ0n) is 15.8. The van der Waals surface area contributed by atoms with E-state index in [1.165, 1.54) is 0 Å². The molecule has 0 atom stereocenters. The fourth-order valence-electron chi connectivity index (χ4n) is 3.11. The van der Waals surface area contributed by atoms with Crippen molar-refractivity contribution in [1.29, 1.82) is 0 Å². The number of benzene rings is 2. The molecule has 1 aromatic heterocycles. The van der Waals surface area contributed by atoms with Gasteiger partial charge in [-0.15, -0.1) is 0 Å². The molecule has 3 N–H and O–H groups in total. The maximum atomic E-state index is 12.2. The number of nitrogens with one attached hydrogen (secondary N) is 1. The largest absolute Gasteiger partial charge is 0.491 e. The lowest BCUT2D eigenvalue weighted by atomic mass is 9.74. The summed E-state index contributed by atoms with van der Waals surface area (Å²) in [5.41, 5.74) is 2.24. The molecule has 0 spiro atoms. The van der Waals surface area contributed by atoms with Crippen LogP contribution >= 0.6 is 11.6 Å². The molecule has 0 saturated carbocycles. The van der Waals surface area contributed by atoms with E-state index in [0.29, 0.717) is 27.8 Å². The molecule has 0 saturated heterocycles. The minimum atomic E-state index is -1.71. The van der Waals surface area contributed by atoms with Crippen LogP contribution in [0.25, 0.3) is 22.0 Å². The van der Waals surface area contributed by atoms with Crippen molar-refractivity contribution < 1.29 is 24.3 Å². The number of aromatic nitrogens is 1. The highest BCUT2D eigenvalue weighted by Gasteiger charge is 2.25. The van der Waals surface area contributed by atoms with Crippen LogP contribution in [0.3, 0.4) is 0 Å². The molecule has 0 radical (unpaired) electrons. The van der Waals surface area contributed by atoms with E-state index in [4.69, 9.17) is 21.1 Å². The maximum Gasteiger partial charge on any atom is 0.489 e. The average molecular weight is 402 g/mol. The average Bonchev–Trinajstić information content (AvgIpc) is 2.98. The van der Waals surface area contributed by atoms with Crippen molar-refractivity contribution in [3.8, 4) is 16.9 Å². The van der Waals surface area contributed by atoms with Crippen LogP contribution in [0.2, 0.25) is 5.02 Å². The van der Waals surface area contributed by atoms with E-state index in [0.717, 1.165) is 0 Å². The van der Waals surface area contributed by atoms with E-state index in [-0.39, 0.29) is 28.9 Å². The van der Waals surface area contributed by atoms with Crippen molar-refractivity contribution >= 4 is 41.1 Å². The summed E-state index contributed by atoms with van der Waals surface area (Å²) in [6, 6.07) is 10.5. The monoisotopic (exact) mass is 401 g/mol. The van der Waals surface area contributed by atoms with E-state index in [1.807, 2.05) is 26.0 Å². The number of H-pyrrole nitrogens is 1. The van der Waals surface area contributed by atoms with Gasteiger partial charge in [-0.1, -0.05) is 29.8 Å². The van der Waals surface area contributed by atoms with Crippen LogP contribution in [0.5, 0.6) is 5.75 Å². The van der Waals surface area contributed by atoms with Crippen LogP contribution in [0, 0.1) is 0 Å². The molecule has 0 aliphatic heterocycles. The molecular formula is C20H21BClNO5. The Morgan fingerprint density at radius 1 is 1.18 bits per heavy atom. The van der Waals surface area contributed by atoms with Gasteiger partial charge in [0.25, 0.3) is 0 Å². The summed E-state index contributed by atoms with van der Waals surface area (Å²) in [6.07, 6.45) is 0.0374. The highest BCUT2D eigenvalue weighted by molar-refractivity contribution is 6.61. The van der Waals surface area contributed by atoms with Gasteiger partial charge >= 0.3 is 13.1 Å². The smallest absolute Gasteiger partial charge is 0.489 e. The van der Waals surface area contributed by atoms with Gasteiger partial charge in [-0.2, -0.15) is 0 Å². The quantitative estimate of drug-likeness (QED) is 0.436. The molecule has 0 fully saturated rings. The van der Waals surface area contributed by atoms with Crippen LogP contribution in [0.1, 0.15) is 31.3 Å². The summed E-state index contributed by atoms with van der Waals surface area (Å²) in [4.78, 5) is 15.2. The molecule has 1 heterocycles. The number of carbonyl (C=O) groups is 1. The number of ether oxygens (including phenoxy) is 2. The molecule has 0 amide bonds. The molecule has 8 heteroatoms. The Morgan fingerprint density at radius 3 is 2.43 bits per heavy atom. The van der Waals surface area contributed by atoms with Gasteiger partial charge in [0, 0.05) is 10.9 Å². The summed E-state index contributed by atoms with van der Waals surface area (Å²) < 4.78 is 10.7. The topological polar surface area (TPSA) is 91.8 Å². The lowest BCUT2D eigenvalue weighted by molar-refractivity contribution is 0.0521. The fourth-order valence-corrected chi connectivity index (χ4v) is 3.43. The number of carbonyl (C=O) groups excluding carboxylic acids is 1. The molecular weight excluding hydrogens is 380 g/mol. The SMILES string of the molecule is CCOC(=O)c1[nH]c2ccc(B(O)O)c(-c3ccc(OC(C)C)cc3)c2c1Cl. The molecule has 146 valence electrons. The lowest BCUT2D eigenvalue weighted by Gasteiger charge is -2.13. The highest BCUT2D eigenvalue weighted by Crippen LogP contribution is 2.36. The predicted octanol–water partition coefficient (Wildman–Crippen LogP) is 3.13. The minimum Gasteiger partial charge on any atom is -0.491 e. The van der Waals surface area contributed by atoms with Gasteiger partial charge < -0.3 is 24.5 Å². The van der Waals surface area contributed by atoms with Crippen LogP contribution in [-0.4, -0.2) is 40.8 Å². The standard InChI is InChI=1S/C20H21BClNO5/c1-4-27-20(24)19-18(22)17-15(23-19)10-9-14(21(25)26)16(17)12-5-7-13(8-6-12)28-11(2)3/h5-11,23,25-26H,4H2,1-3H3. The normalized spacial score (nSPS) is 11.1. The third kappa shape index (κ3) is 3.87. The minimum absolute atomic E-state index is 0.0374. The Bertz CT molecular complexity index is 998. The predicted molar refractivity (Wildman–Crippen MR) is 110 cm³/mol. The second-order valence-electron chi connectivity index (χ2n) is 6.55. The molecule has 3 aromatic rings. The molecule has 0 aliphatic rings. The molecule has 28 heavy (non-hydrogen) atoms. The van der Waals surface area contributed by atoms with Crippen molar-refractivity contribution in [2.45, 2.75) is 26.9 Å². The van der Waals surface area contributed by atoms with Crippen molar-refractivity contribution in [3.05, 3.63) is 47.1 Å². The summed E-state index contributed by atoms with van der Waals surface area (Å²) in [5, 5.41) is 20.4. The Kier molecular flexibility index (Phi) is 5.98. The van der Waals surface area contributed by atoms with Crippen LogP contribution < -0.4 is 10.2 Å². The molecule has 0 unspecified atom stereocenters. The van der Waals surface area contributed by atoms with E-state index >= 15 is 0 Å². The van der Waals surface area contributed by atoms with Gasteiger partial charge in [-0.25, -0.2) is 4.79 Å². The van der Waals surface area contributed by atoms with Crippen LogP contribution in [-0.2, 0) is 4.74 Å². The van der Waals surface area contributed by atoms with E-state index in [2.05, 4.69) is 4.98 Å². The van der Waals surface area contributed by atoms with E-state index in [1.54, 1.807) is 31.2 Å². The van der Waals surface area contributed by atoms with E-state index < -0.39 is 13.1 Å². The molecule has 6 nitrogen and oxygen atoms in total. The fraction of sp³-hybridized carbons (Fsp3) is 0.250. The van der Waals surface area contributed by atoms with Gasteiger partial charge in [-0.3, -0.25) is 0 Å². The van der Waals surface area contributed by atoms with Gasteiger partial charge in [0.2, 0.25) is 0 Å². The van der Waals surface area contributed by atoms with Gasteiger partial charge in [0.05, 0.1) is 17.7 Å². The summed E-state index contributed by atoms with van der Waals surface area (Å²) in [6.45, 7) is 5.80. The number of hydrogen-bond acceptors (Lipinski definition) is 5. The molecule has 2 aromatic carbocycles. The zero-order valence-corrected chi connectivity index (χ0v) is 16.6. The first-order valence-electron chi connectivity index (χ1n) is 8.97. The second-order valence-corrected chi connectivity index (χ2v) is 6.93. The first kappa shape index (κ1) is 20.3. The lowest BCUT2D eigenvalue weighted by Crippen LogP contribution is -2.31. The van der Waals surface area contributed by atoms with Gasteiger partial charge in [0.1, 0.15) is 11.4 Å². The Hall–Kier alpha value is -2.48. The van der Waals surface area contributed by atoms with Gasteiger partial charge in [0.15, 0.2) is 0 Å². The summed E-state index contributed by atoms with van der Waals surface area (Å²) >= 11 is 6.50. The first-order chi connectivity index (χ1) is 13.3. The maximum absolute atomic E-state index is 12.2. The third-order valence-electron chi connectivity index (χ3n) is 4.21. The van der Waals surface area contributed by atoms with E-state index in [9.17, 15) is 14.8 Å². The van der Waals surface area contributed by atoms with Gasteiger partial charge in [-0.05, 0) is 55.6 Å². The number of fused-ring (bicyclic) bond motifs is 1. The zero-order chi connectivity index (χ0) is 20.4. The van der Waals surface area contributed by atoms with Crippen molar-refractivity contribution in [1.82, 2.24) is 4.98 Å². The first-order valence-corrected chi connectivity index (χ1v) is 9.35. The van der Waals surface area contributed by atoms with Crippen molar-refractivity contribution in [3.63, 3.8) is 0 Å². The number of esters is 1. The Morgan fingerprint density at radius 2 is 1.86 bits per heavy atom. The highest BCUT2D eigenvalue weighted by atomic mass is 35.5. The molecule has 0 bridgehead atoms. The summed E-state index contributed by atoms with van der Waals surface area (Å²) in [7, 11) is -1.71. The number of hydrogen-bond donors (Lipinski definition) is 3. The second kappa shape index (κ2) is 8.26. The van der Waals surface area contributed by atoms with Crippen molar-refractivity contribution in [2.24, 2.45) is 0 Å². The van der Waals surface area contributed by atoms with Crippen molar-refractivity contribution in [2.75, 3.05) is 6.61 Å². The molecule has 3 rings (SSSR count). The molecule has 0 aliphatic carbocycles. The Labute approximate surface area is 168 Å². The summed E-state index contributed by atoms with van der Waals surface area (Å²) in [5.74, 6) is 0.130. The number of halogens is 1. The Balaban J connectivity index is 2.21. The van der Waals surface area contributed by atoms with Crippen LogP contribution in [0.4, 0.5) is 0 Å². The number of rotatable bonds is 6.